The number of carbonyl (C=O) groups excluding carboxylic acids is 3. The molecule has 0 radical (unpaired) electrons. The first-order valence-electron chi connectivity index (χ1n) is 9.35. The van der Waals surface area contributed by atoms with Crippen molar-refractivity contribution in [1.29, 1.82) is 0 Å². The van der Waals surface area contributed by atoms with Crippen molar-refractivity contribution >= 4 is 45.1 Å². The van der Waals surface area contributed by atoms with E-state index in [1.807, 2.05) is 35.9 Å². The van der Waals surface area contributed by atoms with Crippen molar-refractivity contribution in [1.82, 2.24) is 4.57 Å². The molecule has 0 bridgehead atoms. The molecular weight excluding hydrogens is 408 g/mol. The van der Waals surface area contributed by atoms with E-state index in [4.69, 9.17) is 19.9 Å². The summed E-state index contributed by atoms with van der Waals surface area (Å²) in [5.74, 6) is -1.90. The Labute approximate surface area is 177 Å². The number of carbonyl (C=O) groups is 3. The molecule has 3 rings (SSSR count). The molecule has 8 nitrogen and oxygen atoms in total. The molecular formula is C21H22N2O6S. The average Bonchev–Trinajstić information content (AvgIpc) is 3.24. The van der Waals surface area contributed by atoms with Crippen molar-refractivity contribution in [2.45, 2.75) is 20.5 Å². The second kappa shape index (κ2) is 9.00. The molecule has 3 aromatic rings. The van der Waals surface area contributed by atoms with Crippen LogP contribution in [-0.2, 0) is 27.9 Å². The van der Waals surface area contributed by atoms with Crippen molar-refractivity contribution in [3.05, 3.63) is 52.0 Å². The molecule has 0 amide bonds. The van der Waals surface area contributed by atoms with Gasteiger partial charge in [0.15, 0.2) is 0 Å². The molecule has 0 unspecified atom stereocenters. The zero-order valence-electron chi connectivity index (χ0n) is 16.9. The Bertz CT molecular complexity index is 1110. The molecule has 0 fully saturated rings. The second-order valence-corrected chi connectivity index (χ2v) is 7.39. The van der Waals surface area contributed by atoms with Crippen molar-refractivity contribution in [2.75, 3.05) is 18.9 Å². The van der Waals surface area contributed by atoms with E-state index in [1.165, 1.54) is 0 Å². The van der Waals surface area contributed by atoms with E-state index in [9.17, 15) is 14.4 Å². The summed E-state index contributed by atoms with van der Waals surface area (Å²) >= 11 is 0.904. The Morgan fingerprint density at radius 1 is 1.00 bits per heavy atom. The number of thiophene rings is 1. The first-order valence-corrected chi connectivity index (χ1v) is 10.2. The number of anilines is 1. The summed E-state index contributed by atoms with van der Waals surface area (Å²) < 4.78 is 17.4. The zero-order valence-corrected chi connectivity index (χ0v) is 17.7. The molecule has 30 heavy (non-hydrogen) atoms. The van der Waals surface area contributed by atoms with Crippen LogP contribution in [0.5, 0.6) is 0 Å². The van der Waals surface area contributed by atoms with Gasteiger partial charge in [0.1, 0.15) is 22.0 Å². The van der Waals surface area contributed by atoms with Gasteiger partial charge in [-0.3, -0.25) is 0 Å². The van der Waals surface area contributed by atoms with Crippen molar-refractivity contribution in [2.24, 2.45) is 7.05 Å². The van der Waals surface area contributed by atoms with Crippen LogP contribution in [0.2, 0.25) is 0 Å². The maximum Gasteiger partial charge on any atom is 0.348 e. The number of benzene rings is 1. The van der Waals surface area contributed by atoms with E-state index in [0.717, 1.165) is 22.2 Å². The van der Waals surface area contributed by atoms with Gasteiger partial charge in [0.25, 0.3) is 0 Å². The van der Waals surface area contributed by atoms with Gasteiger partial charge in [-0.15, -0.1) is 11.3 Å². The van der Waals surface area contributed by atoms with Crippen LogP contribution in [-0.4, -0.2) is 35.7 Å². The van der Waals surface area contributed by atoms with Crippen molar-refractivity contribution in [3.8, 4) is 0 Å². The van der Waals surface area contributed by atoms with E-state index in [-0.39, 0.29) is 40.8 Å². The summed E-state index contributed by atoms with van der Waals surface area (Å²) in [6, 6.07) is 7.42. The van der Waals surface area contributed by atoms with E-state index < -0.39 is 17.9 Å². The predicted octanol–water partition coefficient (Wildman–Crippen LogP) is 3.53. The Balaban J connectivity index is 1.93. The number of aromatic nitrogens is 1. The van der Waals surface area contributed by atoms with E-state index in [1.54, 1.807) is 20.0 Å². The minimum absolute atomic E-state index is 0.0237. The lowest BCUT2D eigenvalue weighted by Gasteiger charge is -2.09. The molecule has 2 heterocycles. The van der Waals surface area contributed by atoms with Gasteiger partial charge >= 0.3 is 17.9 Å². The Kier molecular flexibility index (Phi) is 6.41. The molecule has 158 valence electrons. The molecule has 0 saturated carbocycles. The van der Waals surface area contributed by atoms with E-state index in [0.29, 0.717) is 5.56 Å². The third-order valence-corrected chi connectivity index (χ3v) is 5.48. The molecule has 2 N–H and O–H groups in total. The minimum atomic E-state index is -0.682. The number of nitrogens with zero attached hydrogens (tertiary/aromatic N) is 1. The van der Waals surface area contributed by atoms with Gasteiger partial charge in [-0.2, -0.15) is 0 Å². The Hall–Kier alpha value is -3.33. The first-order chi connectivity index (χ1) is 14.4. The van der Waals surface area contributed by atoms with Crippen LogP contribution < -0.4 is 5.73 Å². The van der Waals surface area contributed by atoms with Crippen molar-refractivity contribution < 1.29 is 28.6 Å². The van der Waals surface area contributed by atoms with Gasteiger partial charge < -0.3 is 24.5 Å². The Morgan fingerprint density at radius 3 is 2.37 bits per heavy atom. The second-order valence-electron chi connectivity index (χ2n) is 6.34. The van der Waals surface area contributed by atoms with Crippen LogP contribution in [0.15, 0.2) is 30.5 Å². The molecule has 0 saturated heterocycles. The predicted molar refractivity (Wildman–Crippen MR) is 113 cm³/mol. The lowest BCUT2D eigenvalue weighted by Crippen LogP contribution is -2.14. The number of hydrogen-bond acceptors (Lipinski definition) is 8. The first kappa shape index (κ1) is 21.4. The fourth-order valence-corrected chi connectivity index (χ4v) is 4.09. The van der Waals surface area contributed by atoms with Crippen LogP contribution in [0, 0.1) is 0 Å². The standard InChI is InChI=1S/C21H22N2O6S/c1-4-27-20(25)16-14(17(30-18(16)22)21(26)28-5-2)11-29-19(24)13-10-23(3)15-9-7-6-8-12(13)15/h6-10H,4-5,11,22H2,1-3H3. The van der Waals surface area contributed by atoms with Gasteiger partial charge in [0.2, 0.25) is 0 Å². The number of fused-ring (bicyclic) bond motifs is 1. The lowest BCUT2D eigenvalue weighted by molar-refractivity contribution is 0.0439. The van der Waals surface area contributed by atoms with Gasteiger partial charge in [0, 0.05) is 29.7 Å². The van der Waals surface area contributed by atoms with Crippen LogP contribution in [0.4, 0.5) is 5.00 Å². The smallest absolute Gasteiger partial charge is 0.348 e. The molecule has 0 aliphatic rings. The summed E-state index contributed by atoms with van der Waals surface area (Å²) in [5, 5.41) is 0.846. The maximum atomic E-state index is 12.8. The lowest BCUT2D eigenvalue weighted by atomic mass is 10.1. The molecule has 0 aliphatic heterocycles. The number of rotatable bonds is 7. The number of para-hydroxylation sites is 1. The Morgan fingerprint density at radius 2 is 1.67 bits per heavy atom. The molecule has 9 heteroatoms. The third-order valence-electron chi connectivity index (χ3n) is 4.44. The van der Waals surface area contributed by atoms with Gasteiger partial charge in [-0.05, 0) is 19.9 Å². The molecule has 0 aliphatic carbocycles. The van der Waals surface area contributed by atoms with Crippen LogP contribution in [0.25, 0.3) is 10.9 Å². The molecule has 2 aromatic heterocycles. The summed E-state index contributed by atoms with van der Waals surface area (Å²) in [5.41, 5.74) is 7.44. The highest BCUT2D eigenvalue weighted by Crippen LogP contribution is 2.33. The van der Waals surface area contributed by atoms with Gasteiger partial charge in [-0.25, -0.2) is 14.4 Å². The highest BCUT2D eigenvalue weighted by atomic mass is 32.1. The van der Waals surface area contributed by atoms with Crippen LogP contribution >= 0.6 is 11.3 Å². The quantitative estimate of drug-likeness (QED) is 0.451. The van der Waals surface area contributed by atoms with Crippen LogP contribution in [0.3, 0.4) is 0 Å². The average molecular weight is 430 g/mol. The van der Waals surface area contributed by atoms with Gasteiger partial charge in [-0.1, -0.05) is 18.2 Å². The topological polar surface area (TPSA) is 110 Å². The maximum absolute atomic E-state index is 12.8. The van der Waals surface area contributed by atoms with Crippen LogP contribution in [0.1, 0.15) is 49.8 Å². The summed E-state index contributed by atoms with van der Waals surface area (Å²) in [6.45, 7) is 3.30. The number of ether oxygens (including phenoxy) is 3. The van der Waals surface area contributed by atoms with Crippen molar-refractivity contribution in [3.63, 3.8) is 0 Å². The minimum Gasteiger partial charge on any atom is -0.462 e. The molecule has 0 atom stereocenters. The molecule has 1 aromatic carbocycles. The largest absolute Gasteiger partial charge is 0.462 e. The van der Waals surface area contributed by atoms with Gasteiger partial charge in [0.05, 0.1) is 18.8 Å². The van der Waals surface area contributed by atoms with E-state index in [2.05, 4.69) is 0 Å². The number of nitrogen functional groups attached to an aromatic ring is 1. The third kappa shape index (κ3) is 4.02. The summed E-state index contributed by atoms with van der Waals surface area (Å²) in [7, 11) is 1.83. The number of esters is 3. The summed E-state index contributed by atoms with van der Waals surface area (Å²) in [6.07, 6.45) is 1.67. The fraction of sp³-hybridized carbons (Fsp3) is 0.286. The molecule has 0 spiro atoms. The summed E-state index contributed by atoms with van der Waals surface area (Å²) in [4.78, 5) is 37.6. The highest BCUT2D eigenvalue weighted by Gasteiger charge is 2.29. The van der Waals surface area contributed by atoms with E-state index >= 15 is 0 Å². The monoisotopic (exact) mass is 430 g/mol. The zero-order chi connectivity index (χ0) is 21.8. The number of aryl methyl sites for hydroxylation is 1. The number of hydrogen-bond donors (Lipinski definition) is 1. The highest BCUT2D eigenvalue weighted by molar-refractivity contribution is 7.18. The normalized spacial score (nSPS) is 10.8. The number of nitrogens with two attached hydrogens (primary N) is 1. The fourth-order valence-electron chi connectivity index (χ4n) is 3.13. The SMILES string of the molecule is CCOC(=O)c1sc(N)c(C(=O)OCC)c1COC(=O)c1cn(C)c2ccccc12.